The van der Waals surface area contributed by atoms with Crippen molar-refractivity contribution in [2.75, 3.05) is 26.2 Å². The third-order valence-electron chi connectivity index (χ3n) is 5.84. The van der Waals surface area contributed by atoms with Gasteiger partial charge < -0.3 is 14.2 Å². The minimum absolute atomic E-state index is 0.0773. The van der Waals surface area contributed by atoms with Crippen molar-refractivity contribution in [2.24, 2.45) is 23.7 Å². The molecule has 2 saturated carbocycles. The number of rotatable bonds is 4. The van der Waals surface area contributed by atoms with Crippen molar-refractivity contribution in [2.45, 2.75) is 19.3 Å². The highest BCUT2D eigenvalue weighted by Crippen LogP contribution is 2.57. The van der Waals surface area contributed by atoms with Crippen LogP contribution in [0.4, 0.5) is 5.69 Å². The molecule has 128 valence electrons. The summed E-state index contributed by atoms with van der Waals surface area (Å²) in [5.74, 6) is 1.61. The van der Waals surface area contributed by atoms with Crippen LogP contribution in [0.1, 0.15) is 19.3 Å². The first-order valence-corrected chi connectivity index (χ1v) is 8.28. The summed E-state index contributed by atoms with van der Waals surface area (Å²) in [5.41, 5.74) is 0.494. The molecule has 0 N–H and O–H groups in total. The third kappa shape index (κ3) is 1.88. The van der Waals surface area contributed by atoms with Crippen LogP contribution >= 0.6 is 0 Å². The molecule has 2 aliphatic carbocycles. The average Bonchev–Trinajstić information content (AvgIpc) is 3.27. The van der Waals surface area contributed by atoms with Gasteiger partial charge in [-0.25, -0.2) is 4.90 Å². The summed E-state index contributed by atoms with van der Waals surface area (Å²) in [6.07, 6.45) is 3.15. The van der Waals surface area contributed by atoms with Crippen LogP contribution in [0.15, 0.2) is 12.1 Å². The van der Waals surface area contributed by atoms with E-state index in [1.807, 2.05) is 0 Å². The lowest BCUT2D eigenvalue weighted by atomic mass is 9.81. The lowest BCUT2D eigenvalue weighted by Gasteiger charge is -2.20. The maximum Gasteiger partial charge on any atom is 0.237 e. The van der Waals surface area contributed by atoms with Crippen LogP contribution in [-0.4, -0.2) is 33.1 Å². The number of anilines is 1. The minimum Gasteiger partial charge on any atom is -0.493 e. The SMILES string of the molecule is COc1cc(N2C(=O)C3C4CCC(C4)C3C2=O)cc(OC)c1OC. The van der Waals surface area contributed by atoms with Gasteiger partial charge in [-0.1, -0.05) is 0 Å². The van der Waals surface area contributed by atoms with Crippen molar-refractivity contribution in [1.82, 2.24) is 0 Å². The van der Waals surface area contributed by atoms with E-state index in [-0.39, 0.29) is 23.7 Å². The highest BCUT2D eigenvalue weighted by atomic mass is 16.5. The summed E-state index contributed by atoms with van der Waals surface area (Å²) >= 11 is 0. The lowest BCUT2D eigenvalue weighted by Crippen LogP contribution is -2.32. The van der Waals surface area contributed by atoms with Crippen LogP contribution in [0.2, 0.25) is 0 Å². The molecule has 4 rings (SSSR count). The van der Waals surface area contributed by atoms with E-state index in [9.17, 15) is 9.59 Å². The molecule has 0 aromatic heterocycles. The fourth-order valence-corrected chi connectivity index (χ4v) is 4.86. The summed E-state index contributed by atoms with van der Waals surface area (Å²) in [6, 6.07) is 3.33. The topological polar surface area (TPSA) is 65.1 Å². The molecule has 4 unspecified atom stereocenters. The zero-order chi connectivity index (χ0) is 17.0. The predicted molar refractivity (Wildman–Crippen MR) is 86.4 cm³/mol. The van der Waals surface area contributed by atoms with Gasteiger partial charge in [0.1, 0.15) is 0 Å². The highest BCUT2D eigenvalue weighted by molar-refractivity contribution is 6.22. The standard InChI is InChI=1S/C18H21NO5/c1-22-12-7-11(8-13(23-2)16(12)24-3)19-17(20)14-9-4-5-10(6-9)15(14)18(19)21/h7-10,14-15H,4-6H2,1-3H3. The monoisotopic (exact) mass is 331 g/mol. The van der Waals surface area contributed by atoms with Gasteiger partial charge in [0, 0.05) is 12.1 Å². The van der Waals surface area contributed by atoms with Gasteiger partial charge in [-0.2, -0.15) is 0 Å². The van der Waals surface area contributed by atoms with Crippen molar-refractivity contribution in [1.29, 1.82) is 0 Å². The second-order valence-corrected chi connectivity index (χ2v) is 6.78. The molecule has 2 bridgehead atoms. The number of methoxy groups -OCH3 is 3. The van der Waals surface area contributed by atoms with Gasteiger partial charge in [0.05, 0.1) is 38.9 Å². The molecule has 1 aromatic rings. The van der Waals surface area contributed by atoms with Crippen LogP contribution < -0.4 is 19.1 Å². The zero-order valence-electron chi connectivity index (χ0n) is 14.1. The zero-order valence-corrected chi connectivity index (χ0v) is 14.1. The van der Waals surface area contributed by atoms with E-state index in [0.717, 1.165) is 19.3 Å². The van der Waals surface area contributed by atoms with Crippen molar-refractivity contribution in [3.05, 3.63) is 12.1 Å². The maximum atomic E-state index is 12.9. The largest absolute Gasteiger partial charge is 0.493 e. The van der Waals surface area contributed by atoms with E-state index in [2.05, 4.69) is 0 Å². The van der Waals surface area contributed by atoms with E-state index < -0.39 is 0 Å². The molecule has 0 radical (unpaired) electrons. The Bertz CT molecular complexity index is 662. The Hall–Kier alpha value is -2.24. The highest BCUT2D eigenvalue weighted by Gasteiger charge is 2.61. The van der Waals surface area contributed by atoms with Crippen LogP contribution in [0.3, 0.4) is 0 Å². The number of amides is 2. The smallest absolute Gasteiger partial charge is 0.237 e. The average molecular weight is 331 g/mol. The summed E-state index contributed by atoms with van der Waals surface area (Å²) in [4.78, 5) is 27.2. The molecule has 0 spiro atoms. The Kier molecular flexibility index (Phi) is 3.44. The van der Waals surface area contributed by atoms with E-state index in [1.54, 1.807) is 12.1 Å². The van der Waals surface area contributed by atoms with E-state index in [1.165, 1.54) is 26.2 Å². The van der Waals surface area contributed by atoms with E-state index in [0.29, 0.717) is 34.8 Å². The molecule has 1 heterocycles. The van der Waals surface area contributed by atoms with Crippen LogP contribution in [0.25, 0.3) is 0 Å². The Morgan fingerprint density at radius 1 is 0.875 bits per heavy atom. The maximum absolute atomic E-state index is 12.9. The molecular weight excluding hydrogens is 310 g/mol. The summed E-state index contributed by atoms with van der Waals surface area (Å²) in [7, 11) is 4.56. The fraction of sp³-hybridized carbons (Fsp3) is 0.556. The molecule has 24 heavy (non-hydrogen) atoms. The predicted octanol–water partition coefficient (Wildman–Crippen LogP) is 2.25. The first kappa shape index (κ1) is 15.3. The van der Waals surface area contributed by atoms with Gasteiger partial charge in [-0.15, -0.1) is 0 Å². The Balaban J connectivity index is 1.77. The molecule has 1 saturated heterocycles. The van der Waals surface area contributed by atoms with Gasteiger partial charge in [-0.3, -0.25) is 9.59 Å². The van der Waals surface area contributed by atoms with Crippen LogP contribution in [0.5, 0.6) is 17.2 Å². The first-order valence-electron chi connectivity index (χ1n) is 8.28. The fourth-order valence-electron chi connectivity index (χ4n) is 4.86. The van der Waals surface area contributed by atoms with Gasteiger partial charge in [0.15, 0.2) is 11.5 Å². The van der Waals surface area contributed by atoms with Gasteiger partial charge in [-0.05, 0) is 31.1 Å². The quantitative estimate of drug-likeness (QED) is 0.792. The number of hydrogen-bond donors (Lipinski definition) is 0. The number of imide groups is 1. The normalized spacial score (nSPS) is 30.7. The van der Waals surface area contributed by atoms with E-state index in [4.69, 9.17) is 14.2 Å². The van der Waals surface area contributed by atoms with E-state index >= 15 is 0 Å². The number of carbonyl (C=O) groups excluding carboxylic acids is 2. The Morgan fingerprint density at radius 3 is 1.79 bits per heavy atom. The summed E-state index contributed by atoms with van der Waals surface area (Å²) in [5, 5.41) is 0. The van der Waals surface area contributed by atoms with Crippen molar-refractivity contribution in [3.8, 4) is 17.2 Å². The Labute approximate surface area is 140 Å². The number of hydrogen-bond acceptors (Lipinski definition) is 5. The van der Waals surface area contributed by atoms with Crippen molar-refractivity contribution < 1.29 is 23.8 Å². The molecular formula is C18H21NO5. The molecule has 6 heteroatoms. The molecule has 2 amide bonds. The second-order valence-electron chi connectivity index (χ2n) is 6.78. The van der Waals surface area contributed by atoms with Crippen molar-refractivity contribution >= 4 is 17.5 Å². The van der Waals surface area contributed by atoms with Crippen LogP contribution in [0, 0.1) is 23.7 Å². The molecule has 3 aliphatic rings. The number of nitrogens with zero attached hydrogens (tertiary/aromatic N) is 1. The minimum atomic E-state index is -0.143. The Morgan fingerprint density at radius 2 is 1.38 bits per heavy atom. The number of benzene rings is 1. The number of ether oxygens (including phenoxy) is 3. The third-order valence-corrected chi connectivity index (χ3v) is 5.84. The van der Waals surface area contributed by atoms with Gasteiger partial charge >= 0.3 is 0 Å². The number of carbonyl (C=O) groups is 2. The van der Waals surface area contributed by atoms with Crippen LogP contribution in [-0.2, 0) is 9.59 Å². The molecule has 6 nitrogen and oxygen atoms in total. The molecule has 4 atom stereocenters. The lowest BCUT2D eigenvalue weighted by molar-refractivity contribution is -0.123. The second kappa shape index (κ2) is 5.40. The van der Waals surface area contributed by atoms with Crippen molar-refractivity contribution in [3.63, 3.8) is 0 Å². The first-order chi connectivity index (χ1) is 11.6. The summed E-state index contributed by atoms with van der Waals surface area (Å²) < 4.78 is 16.0. The summed E-state index contributed by atoms with van der Waals surface area (Å²) in [6.45, 7) is 0. The molecule has 3 fully saturated rings. The van der Waals surface area contributed by atoms with Gasteiger partial charge in [0.25, 0.3) is 0 Å². The molecule has 1 aromatic carbocycles. The molecule has 1 aliphatic heterocycles. The van der Waals surface area contributed by atoms with Gasteiger partial charge in [0.2, 0.25) is 17.6 Å². The number of fused-ring (bicyclic) bond motifs is 5.